The third-order valence-corrected chi connectivity index (χ3v) is 3.00. The molecule has 1 N–H and O–H groups in total. The van der Waals surface area contributed by atoms with Crippen molar-refractivity contribution in [1.29, 1.82) is 0 Å². The number of aromatic nitrogens is 1. The van der Waals surface area contributed by atoms with Crippen LogP contribution in [0.2, 0.25) is 0 Å². The van der Waals surface area contributed by atoms with Gasteiger partial charge in [-0.15, -0.1) is 0 Å². The molecule has 0 spiro atoms. The van der Waals surface area contributed by atoms with E-state index in [9.17, 15) is 9.59 Å². The number of benzene rings is 1. The number of pyridine rings is 1. The first kappa shape index (κ1) is 14.6. The van der Waals surface area contributed by atoms with Crippen LogP contribution in [0.4, 0.5) is 5.69 Å². The minimum atomic E-state index is -0.325. The van der Waals surface area contributed by atoms with Crippen LogP contribution >= 0.6 is 0 Å². The van der Waals surface area contributed by atoms with E-state index in [1.165, 1.54) is 30.0 Å². The quantitative estimate of drug-likeness (QED) is 0.929. The highest BCUT2D eigenvalue weighted by atomic mass is 16.5. The lowest BCUT2D eigenvalue weighted by Crippen LogP contribution is -2.19. The zero-order valence-electron chi connectivity index (χ0n) is 12.0. The Morgan fingerprint density at radius 1 is 1.14 bits per heavy atom. The number of rotatable bonds is 4. The summed E-state index contributed by atoms with van der Waals surface area (Å²) in [6.07, 6.45) is 1.48. The number of carbonyl (C=O) groups excluding carboxylic acids is 1. The van der Waals surface area contributed by atoms with Gasteiger partial charge in [0.15, 0.2) is 0 Å². The van der Waals surface area contributed by atoms with Gasteiger partial charge < -0.3 is 19.4 Å². The summed E-state index contributed by atoms with van der Waals surface area (Å²) in [6, 6.07) is 7.92. The summed E-state index contributed by atoms with van der Waals surface area (Å²) in [7, 11) is 4.65. The second-order valence-electron chi connectivity index (χ2n) is 4.39. The van der Waals surface area contributed by atoms with Gasteiger partial charge >= 0.3 is 0 Å². The number of nitrogens with one attached hydrogen (secondary N) is 1. The molecule has 6 heteroatoms. The van der Waals surface area contributed by atoms with Crippen LogP contribution in [-0.2, 0) is 7.05 Å². The van der Waals surface area contributed by atoms with Gasteiger partial charge in [-0.05, 0) is 18.2 Å². The Morgan fingerprint density at radius 3 is 2.52 bits per heavy atom. The molecule has 0 bridgehead atoms. The Hall–Kier alpha value is -2.76. The second kappa shape index (κ2) is 6.13. The highest BCUT2D eigenvalue weighted by molar-refractivity contribution is 6.04. The third-order valence-electron chi connectivity index (χ3n) is 3.00. The van der Waals surface area contributed by atoms with Crippen molar-refractivity contribution in [3.8, 4) is 11.5 Å². The first-order valence-electron chi connectivity index (χ1n) is 6.25. The first-order valence-corrected chi connectivity index (χ1v) is 6.25. The summed E-state index contributed by atoms with van der Waals surface area (Å²) in [5.74, 6) is 0.800. The fourth-order valence-electron chi connectivity index (χ4n) is 1.82. The number of amides is 1. The van der Waals surface area contributed by atoms with Gasteiger partial charge in [0, 0.05) is 25.4 Å². The molecular weight excluding hydrogens is 272 g/mol. The summed E-state index contributed by atoms with van der Waals surface area (Å²) in [5, 5.41) is 2.74. The van der Waals surface area contributed by atoms with Crippen LogP contribution in [-0.4, -0.2) is 24.7 Å². The van der Waals surface area contributed by atoms with Gasteiger partial charge in [0.05, 0.1) is 25.5 Å². The molecule has 0 radical (unpaired) electrons. The van der Waals surface area contributed by atoms with E-state index in [1.54, 1.807) is 32.4 Å². The van der Waals surface area contributed by atoms with E-state index in [0.717, 1.165) is 0 Å². The van der Waals surface area contributed by atoms with Crippen LogP contribution in [0.15, 0.2) is 41.3 Å². The smallest absolute Gasteiger partial charge is 0.257 e. The maximum absolute atomic E-state index is 12.2. The molecule has 1 amide bonds. The number of methoxy groups -OCH3 is 2. The fraction of sp³-hybridized carbons (Fsp3) is 0.200. The third kappa shape index (κ3) is 3.22. The summed E-state index contributed by atoms with van der Waals surface area (Å²) in [4.78, 5) is 23.5. The number of hydrogen-bond donors (Lipinski definition) is 1. The number of ether oxygens (including phenoxy) is 2. The van der Waals surface area contributed by atoms with Gasteiger partial charge in [0.25, 0.3) is 5.91 Å². The molecule has 0 aliphatic heterocycles. The van der Waals surface area contributed by atoms with Crippen LogP contribution < -0.4 is 20.3 Å². The Bertz CT molecular complexity index is 722. The SMILES string of the molecule is COc1ccc(NC(=O)c2ccc(=O)n(C)c2)c(OC)c1. The summed E-state index contributed by atoms with van der Waals surface area (Å²) >= 11 is 0. The van der Waals surface area contributed by atoms with Gasteiger partial charge in [0.1, 0.15) is 11.5 Å². The van der Waals surface area contributed by atoms with Crippen LogP contribution in [0.1, 0.15) is 10.4 Å². The predicted octanol–water partition coefficient (Wildman–Crippen LogP) is 1.65. The van der Waals surface area contributed by atoms with E-state index in [4.69, 9.17) is 9.47 Å². The minimum absolute atomic E-state index is 0.173. The van der Waals surface area contributed by atoms with Gasteiger partial charge in [-0.2, -0.15) is 0 Å². The van der Waals surface area contributed by atoms with E-state index in [1.807, 2.05) is 0 Å². The highest BCUT2D eigenvalue weighted by Gasteiger charge is 2.11. The molecule has 21 heavy (non-hydrogen) atoms. The first-order chi connectivity index (χ1) is 10.0. The molecule has 0 unspecified atom stereocenters. The maximum atomic E-state index is 12.2. The van der Waals surface area contributed by atoms with E-state index < -0.39 is 0 Å². The van der Waals surface area contributed by atoms with E-state index in [2.05, 4.69) is 5.32 Å². The van der Waals surface area contributed by atoms with Crippen molar-refractivity contribution in [2.45, 2.75) is 0 Å². The number of anilines is 1. The molecule has 0 fully saturated rings. The lowest BCUT2D eigenvalue weighted by molar-refractivity contribution is 0.102. The van der Waals surface area contributed by atoms with Gasteiger partial charge in [0.2, 0.25) is 5.56 Å². The van der Waals surface area contributed by atoms with Crippen molar-refractivity contribution in [2.24, 2.45) is 7.05 Å². The Morgan fingerprint density at radius 2 is 1.90 bits per heavy atom. The molecule has 0 saturated carbocycles. The zero-order valence-corrected chi connectivity index (χ0v) is 12.0. The van der Waals surface area contributed by atoms with E-state index in [0.29, 0.717) is 22.7 Å². The lowest BCUT2D eigenvalue weighted by Gasteiger charge is -2.12. The Balaban J connectivity index is 2.26. The minimum Gasteiger partial charge on any atom is -0.497 e. The summed E-state index contributed by atoms with van der Waals surface area (Å²) < 4.78 is 11.7. The van der Waals surface area contributed by atoms with Crippen molar-refractivity contribution in [1.82, 2.24) is 4.57 Å². The van der Waals surface area contributed by atoms with E-state index >= 15 is 0 Å². The standard InChI is InChI=1S/C15H16N2O4/c1-17-9-10(4-7-14(17)18)15(19)16-12-6-5-11(20-2)8-13(12)21-3/h4-9H,1-3H3,(H,16,19). The topological polar surface area (TPSA) is 69.6 Å². The van der Waals surface area contributed by atoms with Gasteiger partial charge in [-0.1, -0.05) is 0 Å². The van der Waals surface area contributed by atoms with E-state index in [-0.39, 0.29) is 11.5 Å². The molecule has 0 aliphatic carbocycles. The second-order valence-corrected chi connectivity index (χ2v) is 4.39. The van der Waals surface area contributed by atoms with Crippen LogP contribution in [0, 0.1) is 0 Å². The summed E-state index contributed by atoms with van der Waals surface area (Å²) in [5.41, 5.74) is 0.737. The van der Waals surface area contributed by atoms with Crippen molar-refractivity contribution >= 4 is 11.6 Å². The zero-order chi connectivity index (χ0) is 15.4. The molecule has 1 heterocycles. The average Bonchev–Trinajstić information content (AvgIpc) is 2.50. The number of nitrogens with zero attached hydrogens (tertiary/aromatic N) is 1. The van der Waals surface area contributed by atoms with Crippen LogP contribution in [0.25, 0.3) is 0 Å². The monoisotopic (exact) mass is 288 g/mol. The molecule has 0 aliphatic rings. The Labute approximate surface area is 121 Å². The normalized spacial score (nSPS) is 10.0. The molecule has 2 aromatic rings. The number of hydrogen-bond acceptors (Lipinski definition) is 4. The maximum Gasteiger partial charge on any atom is 0.257 e. The molecular formula is C15H16N2O4. The number of carbonyl (C=O) groups is 1. The van der Waals surface area contributed by atoms with Crippen molar-refractivity contribution in [3.63, 3.8) is 0 Å². The average molecular weight is 288 g/mol. The van der Waals surface area contributed by atoms with Crippen LogP contribution in [0.3, 0.4) is 0 Å². The number of aryl methyl sites for hydroxylation is 1. The van der Waals surface area contributed by atoms with Crippen molar-refractivity contribution < 1.29 is 14.3 Å². The summed E-state index contributed by atoms with van der Waals surface area (Å²) in [6.45, 7) is 0. The molecule has 110 valence electrons. The van der Waals surface area contributed by atoms with Crippen molar-refractivity contribution in [3.05, 3.63) is 52.4 Å². The van der Waals surface area contributed by atoms with Crippen molar-refractivity contribution in [2.75, 3.05) is 19.5 Å². The van der Waals surface area contributed by atoms with Gasteiger partial charge in [-0.3, -0.25) is 9.59 Å². The van der Waals surface area contributed by atoms with Crippen LogP contribution in [0.5, 0.6) is 11.5 Å². The predicted molar refractivity (Wildman–Crippen MR) is 79.2 cm³/mol. The lowest BCUT2D eigenvalue weighted by atomic mass is 10.2. The highest BCUT2D eigenvalue weighted by Crippen LogP contribution is 2.29. The molecule has 1 aromatic carbocycles. The largest absolute Gasteiger partial charge is 0.497 e. The molecule has 6 nitrogen and oxygen atoms in total. The Kier molecular flexibility index (Phi) is 4.27. The molecule has 1 aromatic heterocycles. The fourth-order valence-corrected chi connectivity index (χ4v) is 1.82. The molecule has 0 saturated heterocycles. The molecule has 2 rings (SSSR count). The van der Waals surface area contributed by atoms with Gasteiger partial charge in [-0.25, -0.2) is 0 Å². The molecule has 0 atom stereocenters.